The molecule has 0 saturated carbocycles. The van der Waals surface area contributed by atoms with Crippen molar-refractivity contribution in [3.05, 3.63) is 40.8 Å². The van der Waals surface area contributed by atoms with E-state index < -0.39 is 10.0 Å². The van der Waals surface area contributed by atoms with Crippen molar-refractivity contribution < 1.29 is 13.2 Å². The summed E-state index contributed by atoms with van der Waals surface area (Å²) >= 11 is 3.17. The van der Waals surface area contributed by atoms with Gasteiger partial charge in [0.2, 0.25) is 15.2 Å². The summed E-state index contributed by atoms with van der Waals surface area (Å²) in [5.74, 6) is 0.389. The first kappa shape index (κ1) is 20.3. The Kier molecular flexibility index (Phi) is 5.60. The summed E-state index contributed by atoms with van der Waals surface area (Å²) in [6, 6.07) is 7.50. The van der Waals surface area contributed by atoms with E-state index in [9.17, 15) is 8.42 Å². The third-order valence-electron chi connectivity index (χ3n) is 5.05. The molecule has 0 amide bonds. The molecule has 0 atom stereocenters. The Morgan fingerprint density at radius 3 is 2.45 bits per heavy atom. The fourth-order valence-electron chi connectivity index (χ4n) is 3.23. The highest BCUT2D eigenvalue weighted by molar-refractivity contribution is 7.89. The van der Waals surface area contributed by atoms with E-state index in [1.807, 2.05) is 31.4 Å². The Hall–Kier alpha value is -2.01. The zero-order valence-electron chi connectivity index (χ0n) is 16.5. The van der Waals surface area contributed by atoms with Gasteiger partial charge in [-0.3, -0.25) is 0 Å². The maximum atomic E-state index is 13.2. The van der Waals surface area contributed by atoms with Gasteiger partial charge in [-0.25, -0.2) is 8.42 Å². The van der Waals surface area contributed by atoms with Crippen LogP contribution in [0.2, 0.25) is 0 Å². The summed E-state index contributed by atoms with van der Waals surface area (Å²) in [7, 11) is -2.13. The molecule has 0 N–H and O–H groups in total. The van der Waals surface area contributed by atoms with Gasteiger partial charge in [-0.05, 0) is 48.6 Å². The Morgan fingerprint density at radius 2 is 1.79 bits per heavy atom. The van der Waals surface area contributed by atoms with E-state index >= 15 is 0 Å². The number of hydrogen-bond donors (Lipinski definition) is 0. The van der Waals surface area contributed by atoms with Crippen LogP contribution in [0.4, 0.5) is 5.13 Å². The normalized spacial score (nSPS) is 15.6. The number of anilines is 1. The molecule has 1 saturated heterocycles. The molecule has 1 aliphatic heterocycles. The predicted molar refractivity (Wildman–Crippen MR) is 117 cm³/mol. The van der Waals surface area contributed by atoms with Crippen LogP contribution in [-0.4, -0.2) is 56.2 Å². The third kappa shape index (κ3) is 3.89. The molecule has 10 heteroatoms. The van der Waals surface area contributed by atoms with Crippen molar-refractivity contribution in [2.45, 2.75) is 18.7 Å². The molecular weight excluding hydrogens is 428 g/mol. The minimum atomic E-state index is -3.63. The van der Waals surface area contributed by atoms with Crippen molar-refractivity contribution >= 4 is 37.8 Å². The molecule has 0 spiro atoms. The Balaban J connectivity index is 1.50. The number of thiophene rings is 1. The number of nitrogens with zero attached hydrogens (tertiary/aromatic N) is 4. The number of aryl methyl sites for hydroxylation is 2. The van der Waals surface area contributed by atoms with Crippen molar-refractivity contribution in [1.29, 1.82) is 0 Å². The van der Waals surface area contributed by atoms with Crippen LogP contribution in [-0.2, 0) is 10.0 Å². The van der Waals surface area contributed by atoms with Crippen LogP contribution in [0.25, 0.3) is 9.88 Å². The van der Waals surface area contributed by atoms with E-state index in [4.69, 9.17) is 4.74 Å². The molecule has 0 aliphatic carbocycles. The summed E-state index contributed by atoms with van der Waals surface area (Å²) in [4.78, 5) is 3.42. The molecular formula is C19H22N4O3S3. The van der Waals surface area contributed by atoms with E-state index in [1.54, 1.807) is 23.5 Å². The van der Waals surface area contributed by atoms with Crippen molar-refractivity contribution in [3.8, 4) is 15.6 Å². The summed E-state index contributed by atoms with van der Waals surface area (Å²) in [5.41, 5.74) is 1.93. The summed E-state index contributed by atoms with van der Waals surface area (Å²) in [5, 5.41) is 12.3. The minimum Gasteiger partial charge on any atom is -0.495 e. The van der Waals surface area contributed by atoms with Crippen LogP contribution in [0, 0.1) is 13.8 Å². The Bertz CT molecular complexity index is 1100. The molecule has 0 radical (unpaired) electrons. The average molecular weight is 451 g/mol. The number of sulfonamides is 1. The fourth-order valence-corrected chi connectivity index (χ4v) is 6.56. The van der Waals surface area contributed by atoms with E-state index in [2.05, 4.69) is 15.1 Å². The Morgan fingerprint density at radius 1 is 1.07 bits per heavy atom. The highest BCUT2D eigenvalue weighted by Crippen LogP contribution is 2.33. The second kappa shape index (κ2) is 8.02. The van der Waals surface area contributed by atoms with Crippen LogP contribution in [0.5, 0.6) is 5.75 Å². The monoisotopic (exact) mass is 450 g/mol. The van der Waals surface area contributed by atoms with E-state index in [0.717, 1.165) is 26.1 Å². The first-order chi connectivity index (χ1) is 13.9. The standard InChI is InChI=1S/C19H22N4O3S3/c1-13-11-15(26-3)17(12-14(13)2)29(24,25)23-8-6-22(7-9-23)19-21-20-18(28-19)16-5-4-10-27-16/h4-5,10-12H,6-9H2,1-3H3. The smallest absolute Gasteiger partial charge is 0.246 e. The predicted octanol–water partition coefficient (Wildman–Crippen LogP) is 3.40. The van der Waals surface area contributed by atoms with Gasteiger partial charge < -0.3 is 9.64 Å². The lowest BCUT2D eigenvalue weighted by Crippen LogP contribution is -2.48. The second-order valence-corrected chi connectivity index (χ2v) is 10.7. The molecule has 29 heavy (non-hydrogen) atoms. The van der Waals surface area contributed by atoms with Crippen molar-refractivity contribution in [3.63, 3.8) is 0 Å². The number of ether oxygens (including phenoxy) is 1. The quantitative estimate of drug-likeness (QED) is 0.593. The van der Waals surface area contributed by atoms with Crippen LogP contribution in [0.15, 0.2) is 34.5 Å². The van der Waals surface area contributed by atoms with E-state index in [1.165, 1.54) is 22.8 Å². The zero-order valence-corrected chi connectivity index (χ0v) is 18.9. The molecule has 154 valence electrons. The topological polar surface area (TPSA) is 75.6 Å². The highest BCUT2D eigenvalue weighted by atomic mass is 32.2. The van der Waals surface area contributed by atoms with Gasteiger partial charge in [0.25, 0.3) is 0 Å². The van der Waals surface area contributed by atoms with E-state index in [-0.39, 0.29) is 4.90 Å². The van der Waals surface area contributed by atoms with Gasteiger partial charge in [-0.15, -0.1) is 21.5 Å². The lowest BCUT2D eigenvalue weighted by Gasteiger charge is -2.33. The van der Waals surface area contributed by atoms with Gasteiger partial charge in [0.1, 0.15) is 10.6 Å². The van der Waals surface area contributed by atoms with Gasteiger partial charge >= 0.3 is 0 Å². The largest absolute Gasteiger partial charge is 0.495 e. The minimum absolute atomic E-state index is 0.229. The van der Waals surface area contributed by atoms with Crippen LogP contribution >= 0.6 is 22.7 Å². The van der Waals surface area contributed by atoms with Crippen molar-refractivity contribution in [1.82, 2.24) is 14.5 Å². The summed E-state index contributed by atoms with van der Waals surface area (Å²) < 4.78 is 33.4. The SMILES string of the molecule is COc1cc(C)c(C)cc1S(=O)(=O)N1CCN(c2nnc(-c3cccs3)s2)CC1. The molecule has 3 heterocycles. The number of methoxy groups -OCH3 is 1. The van der Waals surface area contributed by atoms with Crippen molar-refractivity contribution in [2.75, 3.05) is 38.2 Å². The molecule has 0 bridgehead atoms. The van der Waals surface area contributed by atoms with Crippen molar-refractivity contribution in [2.24, 2.45) is 0 Å². The molecule has 1 aliphatic rings. The highest BCUT2D eigenvalue weighted by Gasteiger charge is 2.32. The van der Waals surface area contributed by atoms with Gasteiger partial charge in [0.05, 0.1) is 12.0 Å². The molecule has 2 aromatic heterocycles. The fraction of sp³-hybridized carbons (Fsp3) is 0.368. The first-order valence-electron chi connectivity index (χ1n) is 9.18. The third-order valence-corrected chi connectivity index (χ3v) is 9.00. The maximum absolute atomic E-state index is 13.2. The lowest BCUT2D eigenvalue weighted by molar-refractivity contribution is 0.374. The van der Waals surface area contributed by atoms with Crippen LogP contribution in [0.1, 0.15) is 11.1 Å². The molecule has 4 rings (SSSR count). The van der Waals surface area contributed by atoms with Crippen LogP contribution < -0.4 is 9.64 Å². The number of benzene rings is 1. The first-order valence-corrected chi connectivity index (χ1v) is 12.3. The zero-order chi connectivity index (χ0) is 20.6. The summed E-state index contributed by atoms with van der Waals surface area (Å²) in [6.07, 6.45) is 0. The number of rotatable bonds is 5. The van der Waals surface area contributed by atoms with Gasteiger partial charge in [0, 0.05) is 26.2 Å². The molecule has 3 aromatic rings. The van der Waals surface area contributed by atoms with Gasteiger partial charge in [-0.2, -0.15) is 4.31 Å². The lowest BCUT2D eigenvalue weighted by atomic mass is 10.1. The van der Waals surface area contributed by atoms with Gasteiger partial charge in [-0.1, -0.05) is 17.4 Å². The second-order valence-electron chi connectivity index (χ2n) is 6.85. The molecule has 7 nitrogen and oxygen atoms in total. The summed E-state index contributed by atoms with van der Waals surface area (Å²) in [6.45, 7) is 5.79. The van der Waals surface area contributed by atoms with Crippen LogP contribution in [0.3, 0.4) is 0 Å². The molecule has 1 aromatic carbocycles. The number of aromatic nitrogens is 2. The number of piperazine rings is 1. The molecule has 0 unspecified atom stereocenters. The average Bonchev–Trinajstić information content (AvgIpc) is 3.41. The Labute approximate surface area is 178 Å². The molecule has 1 fully saturated rings. The number of hydrogen-bond acceptors (Lipinski definition) is 8. The van der Waals surface area contributed by atoms with Gasteiger partial charge in [0.15, 0.2) is 5.01 Å². The van der Waals surface area contributed by atoms with E-state index in [0.29, 0.717) is 31.9 Å². The maximum Gasteiger partial charge on any atom is 0.246 e.